The third-order valence-electron chi connectivity index (χ3n) is 5.87. The highest BCUT2D eigenvalue weighted by Gasteiger charge is 2.34. The Morgan fingerprint density at radius 1 is 0.794 bits per heavy atom. The molecular weight excluding hydrogens is 460 g/mol. The minimum atomic E-state index is -0.411. The number of thioether (sulfide) groups is 2. The van der Waals surface area contributed by atoms with Crippen LogP contribution in [0.1, 0.15) is 47.8 Å². The van der Waals surface area contributed by atoms with Gasteiger partial charge in [0.25, 0.3) is 0 Å². The van der Waals surface area contributed by atoms with Gasteiger partial charge < -0.3 is 13.2 Å². The summed E-state index contributed by atoms with van der Waals surface area (Å²) in [5.74, 6) is 1.99. The van der Waals surface area contributed by atoms with Crippen LogP contribution in [0, 0.1) is 22.7 Å². The van der Waals surface area contributed by atoms with Crippen molar-refractivity contribution in [3.63, 3.8) is 0 Å². The van der Waals surface area contributed by atoms with E-state index < -0.39 is 5.92 Å². The number of pyridine rings is 2. The first-order valence-corrected chi connectivity index (χ1v) is 13.1. The number of nitrogens with zero attached hydrogens (tertiary/aromatic N) is 4. The molecule has 0 bridgehead atoms. The van der Waals surface area contributed by atoms with E-state index in [4.69, 9.17) is 4.42 Å². The largest absolute Gasteiger partial charge is 0.468 e. The van der Waals surface area contributed by atoms with Crippen molar-refractivity contribution >= 4 is 34.6 Å². The van der Waals surface area contributed by atoms with Crippen molar-refractivity contribution in [2.45, 2.75) is 29.8 Å². The number of hydrogen-bond acceptors (Lipinski definition) is 5. The van der Waals surface area contributed by atoms with E-state index in [9.17, 15) is 10.5 Å². The average molecular weight is 483 g/mol. The topological polar surface area (TPSA) is 69.5 Å². The summed E-state index contributed by atoms with van der Waals surface area (Å²) in [6.45, 7) is 4.17. The van der Waals surface area contributed by atoms with Crippen LogP contribution in [-0.4, -0.2) is 20.3 Å². The van der Waals surface area contributed by atoms with E-state index in [1.165, 1.54) is 0 Å². The molecule has 0 atom stereocenters. The van der Waals surface area contributed by atoms with Crippen LogP contribution in [0.15, 0.2) is 81.7 Å². The van der Waals surface area contributed by atoms with Crippen molar-refractivity contribution in [1.29, 1.82) is 10.5 Å². The second-order valence-electron chi connectivity index (χ2n) is 7.64. The summed E-state index contributed by atoms with van der Waals surface area (Å²) in [5, 5.41) is 22.6. The fraction of sp³-hybridized carbons (Fsp3) is 0.185. The van der Waals surface area contributed by atoms with Crippen molar-refractivity contribution in [3.8, 4) is 12.1 Å². The predicted molar refractivity (Wildman–Crippen MR) is 137 cm³/mol. The van der Waals surface area contributed by atoms with Crippen LogP contribution < -0.4 is 0 Å². The zero-order valence-corrected chi connectivity index (χ0v) is 20.5. The van der Waals surface area contributed by atoms with Crippen molar-refractivity contribution in [3.05, 3.63) is 95.2 Å². The Labute approximate surface area is 206 Å². The van der Waals surface area contributed by atoms with E-state index in [0.717, 1.165) is 43.7 Å². The molecule has 0 saturated carbocycles. The van der Waals surface area contributed by atoms with Gasteiger partial charge >= 0.3 is 0 Å². The maximum absolute atomic E-state index is 10.4. The first-order valence-electron chi connectivity index (χ1n) is 11.1. The third-order valence-corrected chi connectivity index (χ3v) is 7.79. The predicted octanol–water partition coefficient (Wildman–Crippen LogP) is 6.93. The quantitative estimate of drug-likeness (QED) is 0.235. The van der Waals surface area contributed by atoms with Crippen molar-refractivity contribution in [2.75, 3.05) is 11.5 Å². The van der Waals surface area contributed by atoms with Crippen molar-refractivity contribution in [1.82, 2.24) is 8.80 Å². The highest BCUT2D eigenvalue weighted by atomic mass is 32.2. The smallest absolute Gasteiger partial charge is 0.115 e. The number of aromatic nitrogens is 2. The molecule has 0 aliphatic carbocycles. The van der Waals surface area contributed by atoms with Gasteiger partial charge in [-0.2, -0.15) is 10.5 Å². The second-order valence-corrected chi connectivity index (χ2v) is 10.1. The van der Waals surface area contributed by atoms with Gasteiger partial charge in [-0.25, -0.2) is 0 Å². The molecule has 5 rings (SSSR count). The van der Waals surface area contributed by atoms with Gasteiger partial charge in [0, 0.05) is 23.5 Å². The van der Waals surface area contributed by atoms with E-state index in [1.54, 1.807) is 29.8 Å². The Balaban J connectivity index is 1.94. The highest BCUT2D eigenvalue weighted by molar-refractivity contribution is 7.99. The molecule has 168 valence electrons. The summed E-state index contributed by atoms with van der Waals surface area (Å²) in [5.41, 5.74) is 4.89. The van der Waals surface area contributed by atoms with Gasteiger partial charge in [-0.3, -0.25) is 0 Å². The first-order chi connectivity index (χ1) is 16.7. The maximum Gasteiger partial charge on any atom is 0.115 e. The SMILES string of the molecule is CCSc1c(C#N)c(C(c2ccco2)c2c(C#N)c(SCC)n3ccccc23)c2ccccn12. The van der Waals surface area contributed by atoms with Crippen LogP contribution >= 0.6 is 23.5 Å². The van der Waals surface area contributed by atoms with Gasteiger partial charge in [0.05, 0.1) is 44.4 Å². The van der Waals surface area contributed by atoms with E-state index in [0.29, 0.717) is 16.9 Å². The summed E-state index contributed by atoms with van der Waals surface area (Å²) in [7, 11) is 0. The maximum atomic E-state index is 10.4. The lowest BCUT2D eigenvalue weighted by atomic mass is 9.86. The molecule has 0 aliphatic heterocycles. The van der Waals surface area contributed by atoms with E-state index in [2.05, 4.69) is 34.8 Å². The highest BCUT2D eigenvalue weighted by Crippen LogP contribution is 2.46. The van der Waals surface area contributed by atoms with Crippen LogP contribution in [0.2, 0.25) is 0 Å². The fourth-order valence-electron chi connectivity index (χ4n) is 4.65. The monoisotopic (exact) mass is 482 g/mol. The van der Waals surface area contributed by atoms with Gasteiger partial charge in [0.2, 0.25) is 0 Å². The number of fused-ring (bicyclic) bond motifs is 2. The zero-order chi connectivity index (χ0) is 23.7. The number of rotatable bonds is 7. The molecule has 5 nitrogen and oxygen atoms in total. The lowest BCUT2D eigenvalue weighted by Gasteiger charge is -2.16. The molecular formula is C27H22N4OS2. The molecule has 5 heterocycles. The van der Waals surface area contributed by atoms with Gasteiger partial charge in [0.15, 0.2) is 0 Å². The number of nitriles is 2. The lowest BCUT2D eigenvalue weighted by Crippen LogP contribution is -2.05. The molecule has 0 unspecified atom stereocenters. The zero-order valence-electron chi connectivity index (χ0n) is 18.9. The van der Waals surface area contributed by atoms with E-state index >= 15 is 0 Å². The van der Waals surface area contributed by atoms with E-state index in [-0.39, 0.29) is 0 Å². The third kappa shape index (κ3) is 3.40. The Hall–Kier alpha value is -3.52. The van der Waals surface area contributed by atoms with Crippen LogP contribution in [0.4, 0.5) is 0 Å². The van der Waals surface area contributed by atoms with Crippen LogP contribution in [-0.2, 0) is 0 Å². The molecule has 0 N–H and O–H groups in total. The normalized spacial score (nSPS) is 11.3. The molecule has 0 amide bonds. The van der Waals surface area contributed by atoms with Gasteiger partial charge in [0.1, 0.15) is 17.9 Å². The summed E-state index contributed by atoms with van der Waals surface area (Å²) in [6.07, 6.45) is 5.65. The van der Waals surface area contributed by atoms with Crippen molar-refractivity contribution in [2.24, 2.45) is 0 Å². The average Bonchev–Trinajstić information content (AvgIpc) is 3.58. The molecule has 5 aromatic rings. The standard InChI is InChI=1S/C27H22N4OS2/c1-3-33-26-18(16-28)23(20-10-5-7-13-30(20)26)25(22-12-9-15-32-22)24-19(17-29)27(34-4-2)31-14-8-6-11-21(24)31/h5-15,25H,3-4H2,1-2H3. The Kier molecular flexibility index (Phi) is 6.15. The summed E-state index contributed by atoms with van der Waals surface area (Å²) < 4.78 is 10.2. The lowest BCUT2D eigenvalue weighted by molar-refractivity contribution is 0.504. The molecule has 0 aliphatic rings. The van der Waals surface area contributed by atoms with Gasteiger partial charge in [-0.05, 0) is 47.9 Å². The summed E-state index contributed by atoms with van der Waals surface area (Å²) >= 11 is 3.30. The van der Waals surface area contributed by atoms with Gasteiger partial charge in [-0.1, -0.05) is 26.0 Å². The molecule has 7 heteroatoms. The van der Waals surface area contributed by atoms with Crippen LogP contribution in [0.3, 0.4) is 0 Å². The minimum absolute atomic E-state index is 0.411. The van der Waals surface area contributed by atoms with Crippen molar-refractivity contribution < 1.29 is 4.42 Å². The molecule has 0 fully saturated rings. The number of furan rings is 1. The van der Waals surface area contributed by atoms with Crippen LogP contribution in [0.5, 0.6) is 0 Å². The minimum Gasteiger partial charge on any atom is -0.468 e. The molecule has 0 spiro atoms. The van der Waals surface area contributed by atoms with E-state index in [1.807, 2.05) is 60.9 Å². The molecule has 5 aromatic heterocycles. The molecule has 0 radical (unpaired) electrons. The summed E-state index contributed by atoms with van der Waals surface area (Å²) in [6, 6.07) is 20.8. The Bertz CT molecular complexity index is 1460. The van der Waals surface area contributed by atoms with Crippen LogP contribution in [0.25, 0.3) is 11.0 Å². The molecule has 0 aromatic carbocycles. The Morgan fingerprint density at radius 3 is 1.74 bits per heavy atom. The number of hydrogen-bond donors (Lipinski definition) is 0. The fourth-order valence-corrected chi connectivity index (χ4v) is 6.39. The Morgan fingerprint density at radius 2 is 1.32 bits per heavy atom. The molecule has 34 heavy (non-hydrogen) atoms. The first kappa shape index (κ1) is 22.3. The van der Waals surface area contributed by atoms with Gasteiger partial charge in [-0.15, -0.1) is 23.5 Å². The second kappa shape index (κ2) is 9.38. The summed E-state index contributed by atoms with van der Waals surface area (Å²) in [4.78, 5) is 0. The molecule has 0 saturated heterocycles.